The van der Waals surface area contributed by atoms with E-state index in [1.54, 1.807) is 24.3 Å². The third kappa shape index (κ3) is 4.78. The van der Waals surface area contributed by atoms with E-state index in [9.17, 15) is 13.7 Å². The Morgan fingerprint density at radius 1 is 1.13 bits per heavy atom. The number of hydrogen-bond acceptors (Lipinski definition) is 3. The average Bonchev–Trinajstić information content (AvgIpc) is 2.46. The van der Waals surface area contributed by atoms with Gasteiger partial charge in [-0.05, 0) is 43.2 Å². The molecular weight excluding hydrogens is 374 g/mol. The number of sulfone groups is 1. The summed E-state index contributed by atoms with van der Waals surface area (Å²) in [5.41, 5.74) is 3.42. The molecule has 2 aromatic rings. The van der Waals surface area contributed by atoms with E-state index in [1.165, 1.54) is 6.08 Å². The number of benzene rings is 2. The molecule has 0 unspecified atom stereocenters. The molecule has 0 aliphatic carbocycles. The van der Waals surface area contributed by atoms with Crippen molar-refractivity contribution in [2.45, 2.75) is 19.6 Å². The number of aryl methyl sites for hydroxylation is 2. The lowest BCUT2D eigenvalue weighted by molar-refractivity contribution is 0.602. The molecule has 0 amide bonds. The highest BCUT2D eigenvalue weighted by molar-refractivity contribution is 9.10. The topological polar surface area (TPSA) is 57.9 Å². The summed E-state index contributed by atoms with van der Waals surface area (Å²) < 4.78 is 25.9. The summed E-state index contributed by atoms with van der Waals surface area (Å²) in [6.45, 7) is 3.87. The van der Waals surface area contributed by atoms with E-state index in [0.717, 1.165) is 21.2 Å². The van der Waals surface area contributed by atoms with E-state index >= 15 is 0 Å². The monoisotopic (exact) mass is 389 g/mol. The molecule has 0 radical (unpaired) electrons. The summed E-state index contributed by atoms with van der Waals surface area (Å²) in [4.78, 5) is -0.217. The molecule has 0 bridgehead atoms. The van der Waals surface area contributed by atoms with Crippen molar-refractivity contribution in [3.63, 3.8) is 0 Å². The first-order chi connectivity index (χ1) is 10.8. The van der Waals surface area contributed by atoms with Crippen LogP contribution in [0.2, 0.25) is 0 Å². The van der Waals surface area contributed by atoms with Crippen molar-refractivity contribution in [1.29, 1.82) is 5.26 Å². The van der Waals surface area contributed by atoms with Crippen LogP contribution in [-0.4, -0.2) is 8.42 Å². The molecule has 5 heteroatoms. The SMILES string of the molecule is Cc1cc(C)cc(/C=C(/C#N)S(=O)(=O)Cc2ccc(Br)cc2)c1. The zero-order valence-corrected chi connectivity index (χ0v) is 15.3. The van der Waals surface area contributed by atoms with E-state index < -0.39 is 9.84 Å². The summed E-state index contributed by atoms with van der Waals surface area (Å²) >= 11 is 3.31. The normalized spacial score (nSPS) is 12.0. The van der Waals surface area contributed by atoms with Gasteiger partial charge < -0.3 is 0 Å². The van der Waals surface area contributed by atoms with Crippen molar-refractivity contribution in [3.8, 4) is 6.07 Å². The Morgan fingerprint density at radius 3 is 2.22 bits per heavy atom. The second-order valence-corrected chi connectivity index (χ2v) is 8.30. The zero-order chi connectivity index (χ0) is 17.0. The maximum Gasteiger partial charge on any atom is 0.192 e. The van der Waals surface area contributed by atoms with Crippen LogP contribution < -0.4 is 0 Å². The molecule has 0 saturated heterocycles. The number of nitriles is 1. The smallest absolute Gasteiger partial charge is 0.192 e. The largest absolute Gasteiger partial charge is 0.223 e. The molecule has 0 saturated carbocycles. The minimum absolute atomic E-state index is 0.190. The van der Waals surface area contributed by atoms with Crippen LogP contribution in [0, 0.1) is 25.2 Å². The van der Waals surface area contributed by atoms with Gasteiger partial charge in [-0.1, -0.05) is 57.4 Å². The Balaban J connectivity index is 2.36. The number of halogens is 1. The summed E-state index contributed by atoms with van der Waals surface area (Å²) in [5.74, 6) is -0.190. The molecule has 0 spiro atoms. The predicted molar refractivity (Wildman–Crippen MR) is 96.3 cm³/mol. The van der Waals surface area contributed by atoms with Crippen LogP contribution in [-0.2, 0) is 15.6 Å². The maximum absolute atomic E-state index is 12.5. The number of allylic oxidation sites excluding steroid dienone is 1. The number of hydrogen-bond donors (Lipinski definition) is 0. The van der Waals surface area contributed by atoms with Gasteiger partial charge in [0.05, 0.1) is 5.75 Å². The van der Waals surface area contributed by atoms with E-state index in [-0.39, 0.29) is 10.7 Å². The van der Waals surface area contributed by atoms with Crippen molar-refractivity contribution >= 4 is 31.8 Å². The molecule has 23 heavy (non-hydrogen) atoms. The van der Waals surface area contributed by atoms with E-state index in [4.69, 9.17) is 0 Å². The maximum atomic E-state index is 12.5. The van der Waals surface area contributed by atoms with Crippen LogP contribution in [0.1, 0.15) is 22.3 Å². The van der Waals surface area contributed by atoms with E-state index in [1.807, 2.05) is 38.1 Å². The van der Waals surface area contributed by atoms with Crippen LogP contribution in [0.3, 0.4) is 0 Å². The molecule has 0 aliphatic heterocycles. The Labute approximate surface area is 145 Å². The van der Waals surface area contributed by atoms with Gasteiger partial charge in [0.1, 0.15) is 11.0 Å². The number of rotatable bonds is 4. The van der Waals surface area contributed by atoms with E-state index in [2.05, 4.69) is 15.9 Å². The Bertz CT molecular complexity index is 871. The molecule has 0 N–H and O–H groups in total. The molecule has 2 aromatic carbocycles. The predicted octanol–water partition coefficient (Wildman–Crippen LogP) is 4.55. The molecular formula is C18H16BrNO2S. The lowest BCUT2D eigenvalue weighted by atomic mass is 10.1. The van der Waals surface area contributed by atoms with Gasteiger partial charge in [-0.15, -0.1) is 0 Å². The second-order valence-electron chi connectivity index (χ2n) is 5.43. The lowest BCUT2D eigenvalue weighted by Gasteiger charge is -2.05. The van der Waals surface area contributed by atoms with Crippen molar-refractivity contribution < 1.29 is 8.42 Å². The van der Waals surface area contributed by atoms with Gasteiger partial charge in [-0.25, -0.2) is 8.42 Å². The van der Waals surface area contributed by atoms with Gasteiger partial charge in [0.15, 0.2) is 9.84 Å². The van der Waals surface area contributed by atoms with Gasteiger partial charge in [-0.3, -0.25) is 0 Å². The van der Waals surface area contributed by atoms with Crippen LogP contribution in [0.5, 0.6) is 0 Å². The van der Waals surface area contributed by atoms with Crippen molar-refractivity contribution in [3.05, 3.63) is 74.1 Å². The molecule has 0 atom stereocenters. The Kier molecular flexibility index (Phi) is 5.40. The van der Waals surface area contributed by atoms with Gasteiger partial charge in [-0.2, -0.15) is 5.26 Å². The molecule has 2 rings (SSSR count). The number of nitrogens with zero attached hydrogens (tertiary/aromatic N) is 1. The van der Waals surface area contributed by atoms with Crippen molar-refractivity contribution in [1.82, 2.24) is 0 Å². The molecule has 0 fully saturated rings. The highest BCUT2D eigenvalue weighted by Crippen LogP contribution is 2.20. The Hall–Kier alpha value is -1.90. The summed E-state index contributed by atoms with van der Waals surface area (Å²) in [5, 5.41) is 9.28. The lowest BCUT2D eigenvalue weighted by Crippen LogP contribution is -2.06. The highest BCUT2D eigenvalue weighted by Gasteiger charge is 2.18. The third-order valence-corrected chi connectivity index (χ3v) is 5.38. The quantitative estimate of drug-likeness (QED) is 0.720. The molecule has 118 valence electrons. The fourth-order valence-electron chi connectivity index (χ4n) is 2.31. The first-order valence-electron chi connectivity index (χ1n) is 6.97. The van der Waals surface area contributed by atoms with Crippen LogP contribution in [0.15, 0.2) is 51.8 Å². The van der Waals surface area contributed by atoms with Gasteiger partial charge in [0, 0.05) is 4.47 Å². The first kappa shape index (κ1) is 17.5. The first-order valence-corrected chi connectivity index (χ1v) is 9.42. The summed E-state index contributed by atoms with van der Waals surface area (Å²) in [6.07, 6.45) is 1.44. The van der Waals surface area contributed by atoms with Gasteiger partial charge in [0.25, 0.3) is 0 Å². The van der Waals surface area contributed by atoms with Gasteiger partial charge in [0.2, 0.25) is 0 Å². The van der Waals surface area contributed by atoms with Crippen LogP contribution in [0.4, 0.5) is 0 Å². The molecule has 0 heterocycles. The molecule has 3 nitrogen and oxygen atoms in total. The summed E-state index contributed by atoms with van der Waals surface area (Å²) in [6, 6.07) is 14.6. The van der Waals surface area contributed by atoms with Crippen molar-refractivity contribution in [2.75, 3.05) is 0 Å². The molecule has 0 aliphatic rings. The van der Waals surface area contributed by atoms with E-state index in [0.29, 0.717) is 5.56 Å². The summed E-state index contributed by atoms with van der Waals surface area (Å²) in [7, 11) is -3.68. The van der Waals surface area contributed by atoms with Crippen LogP contribution >= 0.6 is 15.9 Å². The fourth-order valence-corrected chi connectivity index (χ4v) is 3.82. The standard InChI is InChI=1S/C18H16BrNO2S/c1-13-7-14(2)9-16(8-13)10-18(11-20)23(21,22)12-15-3-5-17(19)6-4-15/h3-10H,12H2,1-2H3/b18-10-. The average molecular weight is 390 g/mol. The zero-order valence-electron chi connectivity index (χ0n) is 12.9. The second kappa shape index (κ2) is 7.12. The minimum Gasteiger partial charge on any atom is -0.223 e. The van der Waals surface area contributed by atoms with Crippen molar-refractivity contribution in [2.24, 2.45) is 0 Å². The van der Waals surface area contributed by atoms with Gasteiger partial charge >= 0.3 is 0 Å². The minimum atomic E-state index is -3.68. The fraction of sp³-hybridized carbons (Fsp3) is 0.167. The highest BCUT2D eigenvalue weighted by atomic mass is 79.9. The molecule has 0 aromatic heterocycles. The Morgan fingerprint density at radius 2 is 1.70 bits per heavy atom. The third-order valence-electron chi connectivity index (χ3n) is 3.26. The van der Waals surface area contributed by atoms with Crippen LogP contribution in [0.25, 0.3) is 6.08 Å².